The third-order valence-electron chi connectivity index (χ3n) is 5.97. The van der Waals surface area contributed by atoms with Crippen LogP contribution in [0.25, 0.3) is 0 Å². The highest BCUT2D eigenvalue weighted by atomic mass is 19.1. The minimum Gasteiger partial charge on any atom is -0.371 e. The zero-order chi connectivity index (χ0) is 17.2. The van der Waals surface area contributed by atoms with Gasteiger partial charge in [0.2, 0.25) is 0 Å². The van der Waals surface area contributed by atoms with Crippen LogP contribution in [-0.2, 0) is 0 Å². The standard InChI is InChI=1S/C20H27FN4/c1-15-14-17(21)2-3-20(15)25-12-7-18(8-13-25)24-10-5-16(6-11-24)19-4-9-22-23-19/h2-4,9,14,16,18H,5-8,10-13H2,1H3,(H,22,23). The third kappa shape index (κ3) is 3.56. The molecule has 5 heteroatoms. The molecule has 2 aliphatic heterocycles. The number of aryl methyl sites for hydroxylation is 1. The van der Waals surface area contributed by atoms with E-state index in [1.54, 1.807) is 12.1 Å². The van der Waals surface area contributed by atoms with Gasteiger partial charge >= 0.3 is 0 Å². The fourth-order valence-electron chi connectivity index (χ4n) is 4.52. The predicted octanol–water partition coefficient (Wildman–Crippen LogP) is 3.71. The first-order valence-corrected chi connectivity index (χ1v) is 9.45. The SMILES string of the molecule is Cc1cc(F)ccc1N1CCC(N2CCC(c3ccn[nH]3)CC2)CC1. The number of rotatable bonds is 3. The molecular weight excluding hydrogens is 315 g/mol. The zero-order valence-corrected chi connectivity index (χ0v) is 14.9. The molecule has 0 spiro atoms. The number of benzene rings is 1. The largest absolute Gasteiger partial charge is 0.371 e. The molecule has 134 valence electrons. The van der Waals surface area contributed by atoms with Gasteiger partial charge in [-0.2, -0.15) is 5.10 Å². The van der Waals surface area contributed by atoms with Crippen molar-refractivity contribution in [3.05, 3.63) is 47.5 Å². The molecule has 0 bridgehead atoms. The second-order valence-corrected chi connectivity index (χ2v) is 7.47. The summed E-state index contributed by atoms with van der Waals surface area (Å²) in [5, 5.41) is 7.22. The lowest BCUT2D eigenvalue weighted by atomic mass is 9.91. The fourth-order valence-corrected chi connectivity index (χ4v) is 4.52. The molecule has 4 rings (SSSR count). The van der Waals surface area contributed by atoms with E-state index >= 15 is 0 Å². The number of halogens is 1. The molecule has 1 aromatic carbocycles. The van der Waals surface area contributed by atoms with Gasteiger partial charge in [0.25, 0.3) is 0 Å². The normalized spacial score (nSPS) is 21.0. The number of nitrogens with one attached hydrogen (secondary N) is 1. The molecule has 25 heavy (non-hydrogen) atoms. The summed E-state index contributed by atoms with van der Waals surface area (Å²) in [6.07, 6.45) is 6.70. The first-order valence-electron chi connectivity index (χ1n) is 9.45. The van der Waals surface area contributed by atoms with E-state index in [-0.39, 0.29) is 5.82 Å². The number of H-pyrrole nitrogens is 1. The van der Waals surface area contributed by atoms with Crippen molar-refractivity contribution in [2.45, 2.75) is 44.6 Å². The Hall–Kier alpha value is -1.88. The maximum Gasteiger partial charge on any atom is 0.123 e. The molecule has 1 N–H and O–H groups in total. The van der Waals surface area contributed by atoms with E-state index in [0.29, 0.717) is 12.0 Å². The molecule has 3 heterocycles. The van der Waals surface area contributed by atoms with E-state index < -0.39 is 0 Å². The highest BCUT2D eigenvalue weighted by Gasteiger charge is 2.29. The van der Waals surface area contributed by atoms with E-state index in [4.69, 9.17) is 0 Å². The van der Waals surface area contributed by atoms with Gasteiger partial charge in [-0.15, -0.1) is 0 Å². The van der Waals surface area contributed by atoms with E-state index in [9.17, 15) is 4.39 Å². The monoisotopic (exact) mass is 342 g/mol. The summed E-state index contributed by atoms with van der Waals surface area (Å²) in [5.74, 6) is 0.497. The van der Waals surface area contributed by atoms with Crippen LogP contribution in [-0.4, -0.2) is 47.3 Å². The summed E-state index contributed by atoms with van der Waals surface area (Å²) in [7, 11) is 0. The van der Waals surface area contributed by atoms with Crippen LogP contribution in [0.5, 0.6) is 0 Å². The van der Waals surface area contributed by atoms with Gasteiger partial charge in [0.15, 0.2) is 0 Å². The van der Waals surface area contributed by atoms with Crippen LogP contribution >= 0.6 is 0 Å². The molecule has 2 aromatic rings. The Balaban J connectivity index is 1.30. The topological polar surface area (TPSA) is 35.2 Å². The van der Waals surface area contributed by atoms with Crippen molar-refractivity contribution in [3.8, 4) is 0 Å². The molecule has 0 saturated carbocycles. The Kier molecular flexibility index (Phi) is 4.75. The summed E-state index contributed by atoms with van der Waals surface area (Å²) in [5.41, 5.74) is 3.53. The van der Waals surface area contributed by atoms with E-state index in [0.717, 1.165) is 18.7 Å². The zero-order valence-electron chi connectivity index (χ0n) is 14.9. The molecular formula is C20H27FN4. The number of hydrogen-bond acceptors (Lipinski definition) is 3. The van der Waals surface area contributed by atoms with Crippen LogP contribution in [0.1, 0.15) is 42.9 Å². The van der Waals surface area contributed by atoms with Crippen molar-refractivity contribution >= 4 is 5.69 Å². The van der Waals surface area contributed by atoms with Crippen molar-refractivity contribution in [3.63, 3.8) is 0 Å². The lowest BCUT2D eigenvalue weighted by Crippen LogP contribution is -2.47. The molecule has 2 aliphatic rings. The number of piperidine rings is 2. The summed E-state index contributed by atoms with van der Waals surface area (Å²) in [6, 6.07) is 7.96. The highest BCUT2D eigenvalue weighted by molar-refractivity contribution is 5.53. The quantitative estimate of drug-likeness (QED) is 0.924. The summed E-state index contributed by atoms with van der Waals surface area (Å²) >= 11 is 0. The maximum absolute atomic E-state index is 13.3. The van der Waals surface area contributed by atoms with Crippen LogP contribution in [0.3, 0.4) is 0 Å². The summed E-state index contributed by atoms with van der Waals surface area (Å²) in [4.78, 5) is 5.10. The Bertz CT molecular complexity index is 684. The van der Waals surface area contributed by atoms with Crippen molar-refractivity contribution in [1.29, 1.82) is 0 Å². The lowest BCUT2D eigenvalue weighted by molar-refractivity contribution is 0.131. The molecule has 0 radical (unpaired) electrons. The number of hydrogen-bond donors (Lipinski definition) is 1. The van der Waals surface area contributed by atoms with Gasteiger partial charge < -0.3 is 9.80 Å². The first-order chi connectivity index (χ1) is 12.2. The van der Waals surface area contributed by atoms with Gasteiger partial charge in [-0.3, -0.25) is 5.10 Å². The van der Waals surface area contributed by atoms with Crippen molar-refractivity contribution in [2.24, 2.45) is 0 Å². The van der Waals surface area contributed by atoms with Gasteiger partial charge in [0.05, 0.1) is 0 Å². The van der Waals surface area contributed by atoms with Crippen LogP contribution in [0.15, 0.2) is 30.5 Å². The molecule has 2 fully saturated rings. The molecule has 0 atom stereocenters. The molecule has 1 aromatic heterocycles. The number of aromatic amines is 1. The number of aromatic nitrogens is 2. The van der Waals surface area contributed by atoms with Crippen LogP contribution < -0.4 is 4.90 Å². The minimum atomic E-state index is -0.142. The molecule has 2 saturated heterocycles. The van der Waals surface area contributed by atoms with Crippen LogP contribution in [0, 0.1) is 12.7 Å². The van der Waals surface area contributed by atoms with Gasteiger partial charge in [-0.25, -0.2) is 4.39 Å². The minimum absolute atomic E-state index is 0.142. The van der Waals surface area contributed by atoms with Crippen molar-refractivity contribution in [2.75, 3.05) is 31.1 Å². The van der Waals surface area contributed by atoms with E-state index in [1.165, 1.54) is 50.2 Å². The van der Waals surface area contributed by atoms with Crippen molar-refractivity contribution < 1.29 is 4.39 Å². The first kappa shape index (κ1) is 16.6. The Morgan fingerprint density at radius 1 is 1.04 bits per heavy atom. The van der Waals surface area contributed by atoms with Gasteiger partial charge in [-0.05, 0) is 75.5 Å². The lowest BCUT2D eigenvalue weighted by Gasteiger charge is -2.42. The highest BCUT2D eigenvalue weighted by Crippen LogP contribution is 2.31. The number of nitrogens with zero attached hydrogens (tertiary/aromatic N) is 3. The molecule has 0 aliphatic carbocycles. The maximum atomic E-state index is 13.3. The van der Waals surface area contributed by atoms with Gasteiger partial charge in [0.1, 0.15) is 5.82 Å². The average Bonchev–Trinajstić information content (AvgIpc) is 3.17. The second kappa shape index (κ2) is 7.16. The summed E-state index contributed by atoms with van der Waals surface area (Å²) in [6.45, 7) is 6.51. The predicted molar refractivity (Wildman–Crippen MR) is 98.5 cm³/mol. The van der Waals surface area contributed by atoms with Crippen LogP contribution in [0.2, 0.25) is 0 Å². The average molecular weight is 342 g/mol. The number of anilines is 1. The summed E-state index contributed by atoms with van der Waals surface area (Å²) < 4.78 is 13.3. The fraction of sp³-hybridized carbons (Fsp3) is 0.550. The Labute approximate surface area is 149 Å². The molecule has 4 nitrogen and oxygen atoms in total. The van der Waals surface area contributed by atoms with Gasteiger partial charge in [-0.1, -0.05) is 0 Å². The molecule has 0 amide bonds. The second-order valence-electron chi connectivity index (χ2n) is 7.47. The molecule has 0 unspecified atom stereocenters. The van der Waals surface area contributed by atoms with Crippen molar-refractivity contribution in [1.82, 2.24) is 15.1 Å². The Morgan fingerprint density at radius 3 is 2.44 bits per heavy atom. The van der Waals surface area contributed by atoms with E-state index in [2.05, 4.69) is 26.1 Å². The smallest absolute Gasteiger partial charge is 0.123 e. The number of likely N-dealkylation sites (tertiary alicyclic amines) is 1. The van der Waals surface area contributed by atoms with Crippen LogP contribution in [0.4, 0.5) is 10.1 Å². The third-order valence-corrected chi connectivity index (χ3v) is 5.97. The van der Waals surface area contributed by atoms with E-state index in [1.807, 2.05) is 19.2 Å². The van der Waals surface area contributed by atoms with Gasteiger partial charge in [0, 0.05) is 42.6 Å². The Morgan fingerprint density at radius 2 is 1.80 bits per heavy atom.